The van der Waals surface area contributed by atoms with Gasteiger partial charge in [-0.05, 0) is 12.1 Å². The third-order valence-corrected chi connectivity index (χ3v) is 2.34. The fraction of sp³-hybridized carbons (Fsp3) is 0.200. The molecule has 0 aliphatic rings. The van der Waals surface area contributed by atoms with Gasteiger partial charge in [0.2, 0.25) is 0 Å². The van der Waals surface area contributed by atoms with E-state index in [1.807, 2.05) is 20.2 Å². The highest BCUT2D eigenvalue weighted by molar-refractivity contribution is 5.89. The van der Waals surface area contributed by atoms with Gasteiger partial charge in [-0.2, -0.15) is 5.10 Å². The lowest BCUT2D eigenvalue weighted by molar-refractivity contribution is 0.0697. The van der Waals surface area contributed by atoms with Crippen LogP contribution in [0.15, 0.2) is 24.5 Å². The number of aryl methyl sites for hydroxylation is 2. The highest BCUT2D eigenvalue weighted by atomic mass is 16.4. The molecule has 15 heavy (non-hydrogen) atoms. The molecule has 2 rings (SSSR count). The average Bonchev–Trinajstić information content (AvgIpc) is 2.71. The first-order valence-electron chi connectivity index (χ1n) is 4.47. The molecule has 0 spiro atoms. The second-order valence-electron chi connectivity index (χ2n) is 3.37. The Kier molecular flexibility index (Phi) is 2.07. The van der Waals surface area contributed by atoms with Gasteiger partial charge in [0, 0.05) is 26.5 Å². The van der Waals surface area contributed by atoms with E-state index in [4.69, 9.17) is 5.11 Å². The van der Waals surface area contributed by atoms with Gasteiger partial charge in [0.05, 0.1) is 17.0 Å². The Balaban J connectivity index is 2.54. The normalized spacial score (nSPS) is 10.5. The molecular weight excluding hydrogens is 194 g/mol. The Morgan fingerprint density at radius 2 is 2.13 bits per heavy atom. The summed E-state index contributed by atoms with van der Waals surface area (Å²) < 4.78 is 3.49. The zero-order chi connectivity index (χ0) is 11.0. The number of carboxylic acids is 1. The van der Waals surface area contributed by atoms with Crippen molar-refractivity contribution in [2.24, 2.45) is 14.1 Å². The van der Waals surface area contributed by atoms with Gasteiger partial charge in [-0.1, -0.05) is 0 Å². The molecule has 0 aromatic carbocycles. The second kappa shape index (κ2) is 3.27. The van der Waals surface area contributed by atoms with Crippen LogP contribution in [0, 0.1) is 0 Å². The lowest BCUT2D eigenvalue weighted by Gasteiger charge is -2.02. The van der Waals surface area contributed by atoms with E-state index >= 15 is 0 Å². The van der Waals surface area contributed by atoms with Crippen LogP contribution >= 0.6 is 0 Å². The van der Waals surface area contributed by atoms with Crippen LogP contribution in [0.2, 0.25) is 0 Å². The molecule has 0 aliphatic heterocycles. The zero-order valence-corrected chi connectivity index (χ0v) is 8.51. The van der Waals surface area contributed by atoms with E-state index in [0.717, 1.165) is 11.4 Å². The van der Waals surface area contributed by atoms with Gasteiger partial charge < -0.3 is 9.67 Å². The lowest BCUT2D eigenvalue weighted by atomic mass is 10.2. The molecule has 0 amide bonds. The zero-order valence-electron chi connectivity index (χ0n) is 8.51. The number of carboxylic acid groups (broad SMARTS) is 1. The number of rotatable bonds is 2. The SMILES string of the molecule is Cn1cc(C(=O)O)cc1-c1ccnn1C. The number of aromatic carboxylic acids is 1. The van der Waals surface area contributed by atoms with Crippen molar-refractivity contribution in [2.45, 2.75) is 0 Å². The van der Waals surface area contributed by atoms with E-state index in [0.29, 0.717) is 0 Å². The number of carbonyl (C=O) groups is 1. The second-order valence-corrected chi connectivity index (χ2v) is 3.37. The van der Waals surface area contributed by atoms with Crippen LogP contribution in [0.25, 0.3) is 11.4 Å². The molecule has 1 N–H and O–H groups in total. The number of aromatic nitrogens is 3. The van der Waals surface area contributed by atoms with Crippen LogP contribution in [0.3, 0.4) is 0 Å². The first-order chi connectivity index (χ1) is 7.09. The van der Waals surface area contributed by atoms with E-state index in [-0.39, 0.29) is 5.56 Å². The Morgan fingerprint density at radius 3 is 2.60 bits per heavy atom. The van der Waals surface area contributed by atoms with Crippen LogP contribution in [-0.4, -0.2) is 25.4 Å². The molecule has 0 aliphatic carbocycles. The fourth-order valence-corrected chi connectivity index (χ4v) is 1.56. The van der Waals surface area contributed by atoms with Gasteiger partial charge in [0.1, 0.15) is 0 Å². The molecule has 2 heterocycles. The molecule has 0 saturated heterocycles. The summed E-state index contributed by atoms with van der Waals surface area (Å²) in [6.45, 7) is 0. The lowest BCUT2D eigenvalue weighted by Crippen LogP contribution is -1.97. The average molecular weight is 205 g/mol. The molecule has 0 saturated carbocycles. The fourth-order valence-electron chi connectivity index (χ4n) is 1.56. The molecular formula is C10H11N3O2. The molecule has 5 heteroatoms. The van der Waals surface area contributed by atoms with E-state index in [1.165, 1.54) is 0 Å². The minimum atomic E-state index is -0.918. The summed E-state index contributed by atoms with van der Waals surface area (Å²) in [6.07, 6.45) is 3.27. The highest BCUT2D eigenvalue weighted by Gasteiger charge is 2.12. The molecule has 0 radical (unpaired) electrons. The topological polar surface area (TPSA) is 60.1 Å². The van der Waals surface area contributed by atoms with E-state index < -0.39 is 5.97 Å². The maximum atomic E-state index is 10.8. The third-order valence-electron chi connectivity index (χ3n) is 2.34. The molecule has 2 aromatic rings. The maximum Gasteiger partial charge on any atom is 0.337 e. The van der Waals surface area contributed by atoms with Crippen molar-refractivity contribution < 1.29 is 9.90 Å². The predicted molar refractivity (Wildman–Crippen MR) is 54.6 cm³/mol. The van der Waals surface area contributed by atoms with Crippen molar-refractivity contribution in [3.63, 3.8) is 0 Å². The number of hydrogen-bond acceptors (Lipinski definition) is 2. The minimum Gasteiger partial charge on any atom is -0.478 e. The Morgan fingerprint density at radius 1 is 1.40 bits per heavy atom. The minimum absolute atomic E-state index is 0.286. The summed E-state index contributed by atoms with van der Waals surface area (Å²) in [4.78, 5) is 10.8. The van der Waals surface area contributed by atoms with Gasteiger partial charge >= 0.3 is 5.97 Å². The molecule has 78 valence electrons. The van der Waals surface area contributed by atoms with Crippen molar-refractivity contribution in [3.05, 3.63) is 30.1 Å². The Hall–Kier alpha value is -2.04. The Labute approximate surface area is 86.6 Å². The highest BCUT2D eigenvalue weighted by Crippen LogP contribution is 2.20. The monoisotopic (exact) mass is 205 g/mol. The number of nitrogens with zero attached hydrogens (tertiary/aromatic N) is 3. The number of hydrogen-bond donors (Lipinski definition) is 1. The van der Waals surface area contributed by atoms with Gasteiger partial charge in [0.25, 0.3) is 0 Å². The molecule has 2 aromatic heterocycles. The maximum absolute atomic E-state index is 10.8. The summed E-state index contributed by atoms with van der Waals surface area (Å²) >= 11 is 0. The molecule has 0 atom stereocenters. The summed E-state index contributed by atoms with van der Waals surface area (Å²) in [5, 5.41) is 12.9. The first-order valence-corrected chi connectivity index (χ1v) is 4.47. The van der Waals surface area contributed by atoms with Crippen LogP contribution in [0.4, 0.5) is 0 Å². The summed E-state index contributed by atoms with van der Waals surface area (Å²) in [7, 11) is 3.64. The summed E-state index contributed by atoms with van der Waals surface area (Å²) in [5.41, 5.74) is 2.02. The van der Waals surface area contributed by atoms with Crippen molar-refractivity contribution in [1.29, 1.82) is 0 Å². The predicted octanol–water partition coefficient (Wildman–Crippen LogP) is 1.12. The molecule has 0 bridgehead atoms. The third kappa shape index (κ3) is 1.52. The van der Waals surface area contributed by atoms with E-state index in [9.17, 15) is 4.79 Å². The smallest absolute Gasteiger partial charge is 0.337 e. The Bertz CT molecular complexity index is 510. The van der Waals surface area contributed by atoms with E-state index in [2.05, 4.69) is 5.10 Å². The first kappa shape index (κ1) is 9.51. The van der Waals surface area contributed by atoms with Crippen LogP contribution in [-0.2, 0) is 14.1 Å². The molecule has 0 fully saturated rings. The largest absolute Gasteiger partial charge is 0.478 e. The molecule has 0 unspecified atom stereocenters. The summed E-state index contributed by atoms with van der Waals surface area (Å²) in [5.74, 6) is -0.918. The van der Waals surface area contributed by atoms with Gasteiger partial charge in [0.15, 0.2) is 0 Å². The van der Waals surface area contributed by atoms with Crippen LogP contribution in [0.1, 0.15) is 10.4 Å². The van der Waals surface area contributed by atoms with Crippen molar-refractivity contribution in [2.75, 3.05) is 0 Å². The van der Waals surface area contributed by atoms with Gasteiger partial charge in [-0.25, -0.2) is 4.79 Å². The van der Waals surface area contributed by atoms with Crippen molar-refractivity contribution in [1.82, 2.24) is 14.3 Å². The molecule has 5 nitrogen and oxygen atoms in total. The van der Waals surface area contributed by atoms with Gasteiger partial charge in [-0.3, -0.25) is 4.68 Å². The quantitative estimate of drug-likeness (QED) is 0.799. The van der Waals surface area contributed by atoms with Crippen molar-refractivity contribution in [3.8, 4) is 11.4 Å². The van der Waals surface area contributed by atoms with E-state index in [1.54, 1.807) is 27.7 Å². The van der Waals surface area contributed by atoms with Gasteiger partial charge in [-0.15, -0.1) is 0 Å². The van der Waals surface area contributed by atoms with Crippen LogP contribution < -0.4 is 0 Å². The standard InChI is InChI=1S/C10H11N3O2/c1-12-6-7(10(14)15)5-9(12)8-3-4-11-13(8)2/h3-6H,1-2H3,(H,14,15). The van der Waals surface area contributed by atoms with Crippen LogP contribution in [0.5, 0.6) is 0 Å². The summed E-state index contributed by atoms with van der Waals surface area (Å²) in [6, 6.07) is 3.49. The van der Waals surface area contributed by atoms with Crippen molar-refractivity contribution >= 4 is 5.97 Å².